The van der Waals surface area contributed by atoms with Crippen LogP contribution in [-0.4, -0.2) is 5.11 Å². The lowest BCUT2D eigenvalue weighted by Crippen LogP contribution is -2.25. The van der Waals surface area contributed by atoms with E-state index in [9.17, 15) is 9.50 Å². The molecule has 1 N–H and O–H groups in total. The van der Waals surface area contributed by atoms with Crippen LogP contribution in [-0.2, 0) is 12.0 Å². The summed E-state index contributed by atoms with van der Waals surface area (Å²) in [4.78, 5) is 0. The lowest BCUT2D eigenvalue weighted by molar-refractivity contribution is 0.0742. The van der Waals surface area contributed by atoms with Gasteiger partial charge in [-0.3, -0.25) is 0 Å². The van der Waals surface area contributed by atoms with Crippen molar-refractivity contribution in [2.24, 2.45) is 0 Å². The van der Waals surface area contributed by atoms with E-state index in [0.717, 1.165) is 42.4 Å². The molecule has 0 heterocycles. The Labute approximate surface area is 107 Å². The van der Waals surface area contributed by atoms with Gasteiger partial charge in [0.25, 0.3) is 0 Å². The Kier molecular flexibility index (Phi) is 2.98. The highest BCUT2D eigenvalue weighted by Gasteiger charge is 2.39. The molecule has 0 saturated carbocycles. The standard InChI is InChI=1S/C16H19FO/c17-14-7-8-15-12(11-14)9-10-16(15,18)13-5-3-1-2-4-6-13/h5,7-8,11,18H,1-4,6,9-10H2. The van der Waals surface area contributed by atoms with E-state index >= 15 is 0 Å². The van der Waals surface area contributed by atoms with Crippen LogP contribution in [0.3, 0.4) is 0 Å². The van der Waals surface area contributed by atoms with Crippen molar-refractivity contribution in [1.29, 1.82) is 0 Å². The van der Waals surface area contributed by atoms with Crippen molar-refractivity contribution in [3.8, 4) is 0 Å². The van der Waals surface area contributed by atoms with Gasteiger partial charge in [0.05, 0.1) is 0 Å². The molecule has 2 aliphatic rings. The Balaban J connectivity index is 2.00. The predicted molar refractivity (Wildman–Crippen MR) is 69.8 cm³/mol. The first-order valence-electron chi connectivity index (χ1n) is 6.91. The van der Waals surface area contributed by atoms with Crippen LogP contribution in [0.2, 0.25) is 0 Å². The Morgan fingerprint density at radius 2 is 2.00 bits per heavy atom. The third-order valence-corrected chi connectivity index (χ3v) is 4.34. The number of aliphatic hydroxyl groups is 1. The molecule has 1 nitrogen and oxygen atoms in total. The molecule has 0 fully saturated rings. The maximum Gasteiger partial charge on any atom is 0.123 e. The fraction of sp³-hybridized carbons (Fsp3) is 0.500. The van der Waals surface area contributed by atoms with E-state index in [1.54, 1.807) is 12.1 Å². The van der Waals surface area contributed by atoms with Crippen molar-refractivity contribution in [1.82, 2.24) is 0 Å². The second-order valence-electron chi connectivity index (χ2n) is 5.49. The van der Waals surface area contributed by atoms with E-state index < -0.39 is 5.60 Å². The van der Waals surface area contributed by atoms with E-state index in [4.69, 9.17) is 0 Å². The zero-order valence-corrected chi connectivity index (χ0v) is 10.6. The molecule has 0 bridgehead atoms. The highest BCUT2D eigenvalue weighted by Crippen LogP contribution is 2.44. The number of allylic oxidation sites excluding steroid dienone is 1. The molecule has 1 unspecified atom stereocenters. The summed E-state index contributed by atoms with van der Waals surface area (Å²) in [7, 11) is 0. The van der Waals surface area contributed by atoms with Gasteiger partial charge in [0.15, 0.2) is 0 Å². The van der Waals surface area contributed by atoms with E-state index in [1.165, 1.54) is 18.9 Å². The first-order chi connectivity index (χ1) is 8.70. The van der Waals surface area contributed by atoms with Crippen LogP contribution in [0.4, 0.5) is 4.39 Å². The fourth-order valence-corrected chi connectivity index (χ4v) is 3.35. The van der Waals surface area contributed by atoms with Gasteiger partial charge >= 0.3 is 0 Å². The number of fused-ring (bicyclic) bond motifs is 1. The summed E-state index contributed by atoms with van der Waals surface area (Å²) in [6, 6.07) is 4.81. The molecular formula is C16H19FO. The van der Waals surface area contributed by atoms with Gasteiger partial charge in [0.2, 0.25) is 0 Å². The molecule has 0 aromatic heterocycles. The summed E-state index contributed by atoms with van der Waals surface area (Å²) < 4.78 is 13.2. The Morgan fingerprint density at radius 3 is 2.89 bits per heavy atom. The highest BCUT2D eigenvalue weighted by atomic mass is 19.1. The molecule has 1 aromatic carbocycles. The van der Waals surface area contributed by atoms with Crippen molar-refractivity contribution < 1.29 is 9.50 Å². The van der Waals surface area contributed by atoms with E-state index in [2.05, 4.69) is 6.08 Å². The molecule has 0 amide bonds. The van der Waals surface area contributed by atoms with Crippen molar-refractivity contribution in [2.75, 3.05) is 0 Å². The SMILES string of the molecule is OC1(C2=CCCCCC2)CCc2cc(F)ccc21. The Morgan fingerprint density at radius 1 is 1.11 bits per heavy atom. The second-order valence-corrected chi connectivity index (χ2v) is 5.49. The Hall–Kier alpha value is -1.15. The predicted octanol–water partition coefficient (Wildman–Crippen LogP) is 3.85. The van der Waals surface area contributed by atoms with Crippen LogP contribution in [0.15, 0.2) is 29.8 Å². The van der Waals surface area contributed by atoms with Crippen molar-refractivity contribution in [2.45, 2.75) is 50.5 Å². The molecule has 0 radical (unpaired) electrons. The number of hydrogen-bond acceptors (Lipinski definition) is 1. The first kappa shape index (κ1) is 11.9. The fourth-order valence-electron chi connectivity index (χ4n) is 3.35. The molecule has 1 atom stereocenters. The maximum absolute atomic E-state index is 13.2. The van der Waals surface area contributed by atoms with Crippen LogP contribution >= 0.6 is 0 Å². The van der Waals surface area contributed by atoms with Crippen LogP contribution < -0.4 is 0 Å². The van der Waals surface area contributed by atoms with Gasteiger partial charge in [-0.1, -0.05) is 18.6 Å². The number of hydrogen-bond donors (Lipinski definition) is 1. The van der Waals surface area contributed by atoms with Gasteiger partial charge in [0, 0.05) is 0 Å². The largest absolute Gasteiger partial charge is 0.381 e. The topological polar surface area (TPSA) is 20.2 Å². The van der Waals surface area contributed by atoms with Crippen molar-refractivity contribution >= 4 is 0 Å². The lowest BCUT2D eigenvalue weighted by atomic mass is 9.85. The number of aryl methyl sites for hydroxylation is 1. The Bertz CT molecular complexity index is 492. The third kappa shape index (κ3) is 1.89. The van der Waals surface area contributed by atoms with E-state index in [1.807, 2.05) is 0 Å². The first-order valence-corrected chi connectivity index (χ1v) is 6.91. The molecule has 0 spiro atoms. The summed E-state index contributed by atoms with van der Waals surface area (Å²) >= 11 is 0. The van der Waals surface area contributed by atoms with Crippen LogP contribution in [0.1, 0.15) is 49.7 Å². The van der Waals surface area contributed by atoms with Crippen molar-refractivity contribution in [3.05, 3.63) is 46.8 Å². The van der Waals surface area contributed by atoms with Gasteiger partial charge in [-0.15, -0.1) is 0 Å². The minimum atomic E-state index is -0.826. The smallest absolute Gasteiger partial charge is 0.123 e. The second kappa shape index (κ2) is 4.51. The summed E-state index contributed by atoms with van der Waals surface area (Å²) in [5.74, 6) is -0.201. The van der Waals surface area contributed by atoms with Gasteiger partial charge < -0.3 is 5.11 Å². The maximum atomic E-state index is 13.2. The highest BCUT2D eigenvalue weighted by molar-refractivity contribution is 5.44. The van der Waals surface area contributed by atoms with Gasteiger partial charge in [-0.25, -0.2) is 4.39 Å². The average Bonchev–Trinajstić information content (AvgIpc) is 2.59. The summed E-state index contributed by atoms with van der Waals surface area (Å²) in [6.45, 7) is 0. The molecule has 18 heavy (non-hydrogen) atoms. The number of benzene rings is 1. The molecule has 2 aliphatic carbocycles. The summed E-state index contributed by atoms with van der Waals surface area (Å²) in [5.41, 5.74) is 2.23. The van der Waals surface area contributed by atoms with E-state index in [-0.39, 0.29) is 5.82 Å². The molecule has 0 saturated heterocycles. The molecule has 96 valence electrons. The average molecular weight is 246 g/mol. The van der Waals surface area contributed by atoms with Crippen LogP contribution in [0, 0.1) is 5.82 Å². The monoisotopic (exact) mass is 246 g/mol. The van der Waals surface area contributed by atoms with Crippen LogP contribution in [0.5, 0.6) is 0 Å². The summed E-state index contributed by atoms with van der Waals surface area (Å²) in [5, 5.41) is 11.0. The summed E-state index contributed by atoms with van der Waals surface area (Å²) in [6.07, 6.45) is 9.36. The van der Waals surface area contributed by atoms with Crippen LogP contribution in [0.25, 0.3) is 0 Å². The van der Waals surface area contributed by atoms with Crippen molar-refractivity contribution in [3.63, 3.8) is 0 Å². The number of rotatable bonds is 1. The van der Waals surface area contributed by atoms with Gasteiger partial charge in [0.1, 0.15) is 11.4 Å². The number of halogens is 1. The van der Waals surface area contributed by atoms with E-state index in [0.29, 0.717) is 6.42 Å². The van der Waals surface area contributed by atoms with Gasteiger partial charge in [-0.05, 0) is 67.4 Å². The molecule has 0 aliphatic heterocycles. The lowest BCUT2D eigenvalue weighted by Gasteiger charge is -2.27. The molecule has 2 heteroatoms. The quantitative estimate of drug-likeness (QED) is 0.746. The molecular weight excluding hydrogens is 227 g/mol. The normalized spacial score (nSPS) is 27.6. The van der Waals surface area contributed by atoms with Gasteiger partial charge in [-0.2, -0.15) is 0 Å². The third-order valence-electron chi connectivity index (χ3n) is 4.34. The zero-order valence-electron chi connectivity index (χ0n) is 10.6. The molecule has 3 rings (SSSR count). The minimum Gasteiger partial charge on any atom is -0.381 e. The minimum absolute atomic E-state index is 0.201. The zero-order chi connectivity index (χ0) is 12.6. The molecule has 1 aromatic rings.